The van der Waals surface area contributed by atoms with Crippen LogP contribution in [0.2, 0.25) is 0 Å². The quantitative estimate of drug-likeness (QED) is 0.816. The molecule has 0 saturated carbocycles. The predicted molar refractivity (Wildman–Crippen MR) is 68.2 cm³/mol. The molecule has 0 bridgehead atoms. The van der Waals surface area contributed by atoms with Gasteiger partial charge in [0, 0.05) is 12.6 Å². The summed E-state index contributed by atoms with van der Waals surface area (Å²) in [6.07, 6.45) is 4.12. The molecule has 0 atom stereocenters. The van der Waals surface area contributed by atoms with E-state index >= 15 is 0 Å². The number of likely N-dealkylation sites (tertiary alicyclic amines) is 1. The molecular formula is C12H20N4O. The number of H-pyrrole nitrogens is 1. The molecule has 1 aromatic heterocycles. The van der Waals surface area contributed by atoms with Crippen LogP contribution in [0.25, 0.3) is 0 Å². The Labute approximate surface area is 101 Å². The van der Waals surface area contributed by atoms with Crippen LogP contribution in [0.5, 0.6) is 0 Å². The van der Waals surface area contributed by atoms with Gasteiger partial charge in [-0.25, -0.2) is 5.10 Å². The van der Waals surface area contributed by atoms with Crippen molar-refractivity contribution in [1.82, 2.24) is 15.1 Å². The molecule has 1 aliphatic rings. The van der Waals surface area contributed by atoms with E-state index in [2.05, 4.69) is 27.3 Å². The van der Waals surface area contributed by atoms with Gasteiger partial charge in [-0.2, -0.15) is 5.10 Å². The van der Waals surface area contributed by atoms with Gasteiger partial charge in [-0.15, -0.1) is 0 Å². The minimum Gasteiger partial charge on any atom is -0.383 e. The second kappa shape index (κ2) is 5.82. The molecule has 1 aliphatic heterocycles. The lowest BCUT2D eigenvalue weighted by molar-refractivity contribution is 0.198. The summed E-state index contributed by atoms with van der Waals surface area (Å²) >= 11 is 0. The fourth-order valence-corrected chi connectivity index (χ4v) is 2.24. The van der Waals surface area contributed by atoms with Crippen molar-refractivity contribution in [3.63, 3.8) is 0 Å². The first-order valence-electron chi connectivity index (χ1n) is 6.29. The zero-order chi connectivity index (χ0) is 12.1. The van der Waals surface area contributed by atoms with Gasteiger partial charge in [0.25, 0.3) is 5.56 Å². The Morgan fingerprint density at radius 1 is 1.53 bits per heavy atom. The van der Waals surface area contributed by atoms with Crippen molar-refractivity contribution in [3.05, 3.63) is 22.6 Å². The summed E-state index contributed by atoms with van der Waals surface area (Å²) in [5.74, 6) is 0.706. The highest BCUT2D eigenvalue weighted by atomic mass is 16.1. The molecule has 0 aliphatic carbocycles. The Kier molecular flexibility index (Phi) is 4.14. The average Bonchev–Trinajstić information content (AvgIpc) is 2.37. The fraction of sp³-hybridized carbons (Fsp3) is 0.667. The first-order valence-corrected chi connectivity index (χ1v) is 6.29. The molecule has 2 N–H and O–H groups in total. The summed E-state index contributed by atoms with van der Waals surface area (Å²) in [4.78, 5) is 13.5. The summed E-state index contributed by atoms with van der Waals surface area (Å²) in [7, 11) is 0. The Bertz CT molecular complexity index is 395. The van der Waals surface area contributed by atoms with Crippen LogP contribution in [0, 0.1) is 5.92 Å². The van der Waals surface area contributed by atoms with E-state index in [4.69, 9.17) is 0 Å². The van der Waals surface area contributed by atoms with Crippen LogP contribution in [0.4, 0.5) is 5.69 Å². The van der Waals surface area contributed by atoms with E-state index in [9.17, 15) is 4.79 Å². The third-order valence-corrected chi connectivity index (χ3v) is 3.41. The molecule has 0 radical (unpaired) electrons. The average molecular weight is 236 g/mol. The smallest absolute Gasteiger partial charge is 0.266 e. The highest BCUT2D eigenvalue weighted by Gasteiger charge is 2.17. The standard InChI is InChI=1S/C12H20N4O/c1-2-16-5-3-10(4-6-16)8-13-11-7-12(17)15-14-9-11/h7,9-10H,2-6,8H2,1H3,(H2,13,15,17). The highest BCUT2D eigenvalue weighted by Crippen LogP contribution is 2.17. The summed E-state index contributed by atoms with van der Waals surface area (Å²) in [6, 6.07) is 1.55. The van der Waals surface area contributed by atoms with Crippen LogP contribution >= 0.6 is 0 Å². The summed E-state index contributed by atoms with van der Waals surface area (Å²) < 4.78 is 0. The maximum Gasteiger partial charge on any atom is 0.266 e. The molecule has 2 heterocycles. The topological polar surface area (TPSA) is 61.0 Å². The number of hydrogen-bond donors (Lipinski definition) is 2. The molecule has 1 aromatic rings. The third kappa shape index (κ3) is 3.56. The van der Waals surface area contributed by atoms with Gasteiger partial charge in [0.15, 0.2) is 0 Å². The number of nitrogens with zero attached hydrogens (tertiary/aromatic N) is 2. The van der Waals surface area contributed by atoms with Crippen LogP contribution in [-0.2, 0) is 0 Å². The third-order valence-electron chi connectivity index (χ3n) is 3.41. The monoisotopic (exact) mass is 236 g/mol. The van der Waals surface area contributed by atoms with E-state index in [0.29, 0.717) is 5.92 Å². The summed E-state index contributed by atoms with van der Waals surface area (Å²) in [6.45, 7) is 6.67. The van der Waals surface area contributed by atoms with Gasteiger partial charge in [-0.1, -0.05) is 6.92 Å². The lowest BCUT2D eigenvalue weighted by atomic mass is 9.97. The van der Waals surface area contributed by atoms with Gasteiger partial charge < -0.3 is 10.2 Å². The molecule has 5 heteroatoms. The van der Waals surface area contributed by atoms with E-state index in [0.717, 1.165) is 18.8 Å². The van der Waals surface area contributed by atoms with E-state index < -0.39 is 0 Å². The lowest BCUT2D eigenvalue weighted by Crippen LogP contribution is -2.35. The van der Waals surface area contributed by atoms with Crippen LogP contribution in [0.1, 0.15) is 19.8 Å². The number of aromatic amines is 1. The predicted octanol–water partition coefficient (Wildman–Crippen LogP) is 0.914. The van der Waals surface area contributed by atoms with Crippen molar-refractivity contribution in [2.75, 3.05) is 31.5 Å². The minimum atomic E-state index is -0.157. The maximum absolute atomic E-state index is 11.1. The number of hydrogen-bond acceptors (Lipinski definition) is 4. The first kappa shape index (κ1) is 12.1. The molecule has 2 rings (SSSR count). The molecule has 1 fully saturated rings. The SMILES string of the molecule is CCN1CCC(CNc2cn[nH]c(=O)c2)CC1. The van der Waals surface area contributed by atoms with Crippen molar-refractivity contribution < 1.29 is 0 Å². The van der Waals surface area contributed by atoms with Crippen molar-refractivity contribution in [1.29, 1.82) is 0 Å². The van der Waals surface area contributed by atoms with Crippen LogP contribution in [0.3, 0.4) is 0 Å². The number of nitrogens with one attached hydrogen (secondary N) is 2. The van der Waals surface area contributed by atoms with Gasteiger partial charge >= 0.3 is 0 Å². The molecule has 94 valence electrons. The van der Waals surface area contributed by atoms with Crippen molar-refractivity contribution in [3.8, 4) is 0 Å². The van der Waals surface area contributed by atoms with Crippen molar-refractivity contribution in [2.24, 2.45) is 5.92 Å². The van der Waals surface area contributed by atoms with Crippen molar-refractivity contribution >= 4 is 5.69 Å². The Hall–Kier alpha value is -1.36. The zero-order valence-corrected chi connectivity index (χ0v) is 10.3. The van der Waals surface area contributed by atoms with E-state index in [-0.39, 0.29) is 5.56 Å². The first-order chi connectivity index (χ1) is 8.28. The number of aromatic nitrogens is 2. The lowest BCUT2D eigenvalue weighted by Gasteiger charge is -2.31. The van der Waals surface area contributed by atoms with Gasteiger partial charge in [0.1, 0.15) is 0 Å². The second-order valence-corrected chi connectivity index (χ2v) is 4.59. The normalized spacial score (nSPS) is 18.2. The molecular weight excluding hydrogens is 216 g/mol. The Balaban J connectivity index is 1.78. The minimum absolute atomic E-state index is 0.157. The van der Waals surface area contributed by atoms with Gasteiger partial charge in [-0.3, -0.25) is 4.79 Å². The molecule has 5 nitrogen and oxygen atoms in total. The molecule has 0 amide bonds. The van der Waals surface area contributed by atoms with Gasteiger partial charge in [0.2, 0.25) is 0 Å². The molecule has 17 heavy (non-hydrogen) atoms. The number of anilines is 1. The molecule has 0 unspecified atom stereocenters. The zero-order valence-electron chi connectivity index (χ0n) is 10.3. The largest absolute Gasteiger partial charge is 0.383 e. The molecule has 0 spiro atoms. The molecule has 1 saturated heterocycles. The van der Waals surface area contributed by atoms with Crippen LogP contribution in [0.15, 0.2) is 17.1 Å². The fourth-order valence-electron chi connectivity index (χ4n) is 2.24. The summed E-state index contributed by atoms with van der Waals surface area (Å²) in [5.41, 5.74) is 0.655. The van der Waals surface area contributed by atoms with Crippen molar-refractivity contribution in [2.45, 2.75) is 19.8 Å². The maximum atomic E-state index is 11.1. The van der Waals surface area contributed by atoms with Gasteiger partial charge in [0.05, 0.1) is 11.9 Å². The van der Waals surface area contributed by atoms with Crippen LogP contribution < -0.4 is 10.9 Å². The van der Waals surface area contributed by atoms with E-state index in [1.807, 2.05) is 0 Å². The molecule has 0 aromatic carbocycles. The Morgan fingerprint density at radius 3 is 2.94 bits per heavy atom. The number of rotatable bonds is 4. The van der Waals surface area contributed by atoms with Crippen LogP contribution in [-0.4, -0.2) is 41.3 Å². The number of piperidine rings is 1. The Morgan fingerprint density at radius 2 is 2.29 bits per heavy atom. The van der Waals surface area contributed by atoms with E-state index in [1.54, 1.807) is 12.3 Å². The van der Waals surface area contributed by atoms with Gasteiger partial charge in [-0.05, 0) is 38.4 Å². The second-order valence-electron chi connectivity index (χ2n) is 4.59. The highest BCUT2D eigenvalue weighted by molar-refractivity contribution is 5.38. The summed E-state index contributed by atoms with van der Waals surface area (Å²) in [5, 5.41) is 9.42. The van der Waals surface area contributed by atoms with E-state index in [1.165, 1.54) is 25.9 Å².